The van der Waals surface area contributed by atoms with Crippen molar-refractivity contribution in [2.45, 2.75) is 36.2 Å². The molecule has 1 unspecified atom stereocenters. The molecule has 0 aromatic heterocycles. The number of anilines is 1. The van der Waals surface area contributed by atoms with E-state index < -0.39 is 40.2 Å². The van der Waals surface area contributed by atoms with Crippen LogP contribution in [0.2, 0.25) is 0 Å². The zero-order chi connectivity index (χ0) is 28.6. The highest BCUT2D eigenvalue weighted by Gasteiger charge is 2.33. The smallest absolute Gasteiger partial charge is 0.264 e. The molecule has 3 aromatic rings. The SMILES string of the molecule is CCOc1ccccc1N(CC(=O)N(Cc1ccccc1F)C(C)C(=O)NC)S(=O)(=O)c1ccc(SC)cc1. The Morgan fingerprint density at radius 2 is 1.67 bits per heavy atom. The lowest BCUT2D eigenvalue weighted by atomic mass is 10.1. The lowest BCUT2D eigenvalue weighted by Gasteiger charge is -2.32. The molecule has 0 spiro atoms. The predicted octanol–water partition coefficient (Wildman–Crippen LogP) is 4.30. The number of carbonyl (C=O) groups excluding carboxylic acids is 2. The second-order valence-corrected chi connectivity index (χ2v) is 11.2. The van der Waals surface area contributed by atoms with E-state index in [9.17, 15) is 22.4 Å². The minimum atomic E-state index is -4.26. The molecule has 0 aliphatic heterocycles. The van der Waals surface area contributed by atoms with E-state index in [1.165, 1.54) is 61.0 Å². The Balaban J connectivity index is 2.10. The number of hydrogen-bond acceptors (Lipinski definition) is 6. The summed E-state index contributed by atoms with van der Waals surface area (Å²) < 4.78 is 49.1. The van der Waals surface area contributed by atoms with Crippen molar-refractivity contribution in [3.8, 4) is 5.75 Å². The van der Waals surface area contributed by atoms with Gasteiger partial charge >= 0.3 is 0 Å². The quantitative estimate of drug-likeness (QED) is 0.325. The van der Waals surface area contributed by atoms with Crippen molar-refractivity contribution in [3.05, 3.63) is 84.2 Å². The molecular formula is C28H32FN3O5S2. The van der Waals surface area contributed by atoms with Gasteiger partial charge in [-0.3, -0.25) is 13.9 Å². The van der Waals surface area contributed by atoms with Gasteiger partial charge in [0, 0.05) is 24.1 Å². The van der Waals surface area contributed by atoms with Gasteiger partial charge in [0.1, 0.15) is 24.2 Å². The maximum atomic E-state index is 14.5. The molecule has 1 N–H and O–H groups in total. The summed E-state index contributed by atoms with van der Waals surface area (Å²) in [6, 6.07) is 17.8. The summed E-state index contributed by atoms with van der Waals surface area (Å²) in [5.74, 6) is -1.43. The van der Waals surface area contributed by atoms with E-state index in [-0.39, 0.29) is 35.0 Å². The second kappa shape index (κ2) is 13.5. The van der Waals surface area contributed by atoms with Gasteiger partial charge in [0.05, 0.1) is 17.2 Å². The Hall–Kier alpha value is -3.57. The van der Waals surface area contributed by atoms with Crippen LogP contribution in [0.4, 0.5) is 10.1 Å². The van der Waals surface area contributed by atoms with Gasteiger partial charge in [-0.05, 0) is 62.6 Å². The maximum absolute atomic E-state index is 14.5. The number of nitrogens with one attached hydrogen (secondary N) is 1. The van der Waals surface area contributed by atoms with Gasteiger partial charge < -0.3 is 15.0 Å². The van der Waals surface area contributed by atoms with Crippen molar-refractivity contribution in [2.24, 2.45) is 0 Å². The van der Waals surface area contributed by atoms with E-state index in [1.54, 1.807) is 49.4 Å². The van der Waals surface area contributed by atoms with E-state index in [0.717, 1.165) is 9.20 Å². The molecule has 208 valence electrons. The molecule has 0 aliphatic carbocycles. The number of hydrogen-bond donors (Lipinski definition) is 1. The minimum absolute atomic E-state index is 0.0144. The molecule has 11 heteroatoms. The molecular weight excluding hydrogens is 541 g/mol. The largest absolute Gasteiger partial charge is 0.492 e. The van der Waals surface area contributed by atoms with Gasteiger partial charge in [-0.25, -0.2) is 12.8 Å². The maximum Gasteiger partial charge on any atom is 0.264 e. The number of ether oxygens (including phenoxy) is 1. The second-order valence-electron chi connectivity index (χ2n) is 8.49. The summed E-state index contributed by atoms with van der Waals surface area (Å²) in [4.78, 5) is 28.4. The molecule has 3 rings (SSSR count). The molecule has 0 heterocycles. The molecule has 8 nitrogen and oxygen atoms in total. The Morgan fingerprint density at radius 1 is 1.03 bits per heavy atom. The van der Waals surface area contributed by atoms with Crippen molar-refractivity contribution in [2.75, 3.05) is 30.8 Å². The number of rotatable bonds is 12. The van der Waals surface area contributed by atoms with Crippen LogP contribution < -0.4 is 14.4 Å². The van der Waals surface area contributed by atoms with E-state index in [4.69, 9.17) is 4.74 Å². The van der Waals surface area contributed by atoms with Crippen molar-refractivity contribution >= 4 is 39.3 Å². The highest BCUT2D eigenvalue weighted by Crippen LogP contribution is 2.33. The average molecular weight is 574 g/mol. The summed E-state index contributed by atoms with van der Waals surface area (Å²) >= 11 is 1.47. The first-order chi connectivity index (χ1) is 18.6. The van der Waals surface area contributed by atoms with Crippen LogP contribution in [0.25, 0.3) is 0 Å². The highest BCUT2D eigenvalue weighted by molar-refractivity contribution is 7.98. The van der Waals surface area contributed by atoms with Crippen LogP contribution in [0.1, 0.15) is 19.4 Å². The van der Waals surface area contributed by atoms with Gasteiger partial charge in [-0.1, -0.05) is 30.3 Å². The van der Waals surface area contributed by atoms with E-state index in [1.807, 2.05) is 6.26 Å². The fourth-order valence-electron chi connectivity index (χ4n) is 3.93. The fourth-order valence-corrected chi connectivity index (χ4v) is 5.76. The molecule has 0 aliphatic rings. The van der Waals surface area contributed by atoms with Crippen LogP contribution in [0.3, 0.4) is 0 Å². The fraction of sp³-hybridized carbons (Fsp3) is 0.286. The third-order valence-corrected chi connectivity index (χ3v) is 8.59. The topological polar surface area (TPSA) is 96.0 Å². The van der Waals surface area contributed by atoms with E-state index >= 15 is 0 Å². The summed E-state index contributed by atoms with van der Waals surface area (Å²) in [6.07, 6.45) is 1.88. The molecule has 39 heavy (non-hydrogen) atoms. The van der Waals surface area contributed by atoms with Crippen LogP contribution in [-0.2, 0) is 26.2 Å². The number of nitrogens with zero attached hydrogens (tertiary/aromatic N) is 2. The normalized spacial score (nSPS) is 11.9. The summed E-state index contributed by atoms with van der Waals surface area (Å²) in [6.45, 7) is 2.67. The van der Waals surface area contributed by atoms with Gasteiger partial charge in [0.25, 0.3) is 10.0 Å². The molecule has 1 atom stereocenters. The van der Waals surface area contributed by atoms with Crippen molar-refractivity contribution in [3.63, 3.8) is 0 Å². The number of carbonyl (C=O) groups is 2. The van der Waals surface area contributed by atoms with Gasteiger partial charge in [0.2, 0.25) is 11.8 Å². The third kappa shape index (κ3) is 7.10. The molecule has 0 radical (unpaired) electrons. The summed E-state index contributed by atoms with van der Waals surface area (Å²) in [7, 11) is -2.83. The monoisotopic (exact) mass is 573 g/mol. The van der Waals surface area contributed by atoms with Crippen LogP contribution in [0.15, 0.2) is 82.6 Å². The van der Waals surface area contributed by atoms with Crippen molar-refractivity contribution in [1.29, 1.82) is 0 Å². The molecule has 3 aromatic carbocycles. The minimum Gasteiger partial charge on any atom is -0.492 e. The van der Waals surface area contributed by atoms with Gasteiger partial charge in [-0.2, -0.15) is 0 Å². The van der Waals surface area contributed by atoms with Crippen LogP contribution in [0, 0.1) is 5.82 Å². The molecule has 2 amide bonds. The molecule has 0 saturated carbocycles. The van der Waals surface area contributed by atoms with Crippen molar-refractivity contribution in [1.82, 2.24) is 10.2 Å². The van der Waals surface area contributed by atoms with Crippen LogP contribution in [-0.4, -0.2) is 57.6 Å². The molecule has 0 fully saturated rings. The first kappa shape index (κ1) is 30.0. The predicted molar refractivity (Wildman–Crippen MR) is 151 cm³/mol. The number of amides is 2. The number of halogens is 1. The number of likely N-dealkylation sites (N-methyl/N-ethyl adjacent to an activating group) is 1. The lowest BCUT2D eigenvalue weighted by Crippen LogP contribution is -2.50. The van der Waals surface area contributed by atoms with E-state index in [0.29, 0.717) is 0 Å². The average Bonchev–Trinajstić information content (AvgIpc) is 2.95. The summed E-state index contributed by atoms with van der Waals surface area (Å²) in [5, 5.41) is 2.50. The first-order valence-electron chi connectivity index (χ1n) is 12.3. The highest BCUT2D eigenvalue weighted by atomic mass is 32.2. The zero-order valence-corrected chi connectivity index (χ0v) is 23.9. The van der Waals surface area contributed by atoms with Crippen molar-refractivity contribution < 1.29 is 27.1 Å². The Kier molecular flexibility index (Phi) is 10.4. The Bertz CT molecular complexity index is 1400. The van der Waals surface area contributed by atoms with Gasteiger partial charge in [-0.15, -0.1) is 11.8 Å². The number of para-hydroxylation sites is 2. The Labute approximate surface area is 233 Å². The molecule has 0 bridgehead atoms. The third-order valence-electron chi connectivity index (χ3n) is 6.07. The number of thioether (sulfide) groups is 1. The van der Waals surface area contributed by atoms with Crippen LogP contribution >= 0.6 is 11.8 Å². The van der Waals surface area contributed by atoms with Gasteiger partial charge in [0.15, 0.2) is 0 Å². The first-order valence-corrected chi connectivity index (χ1v) is 14.9. The lowest BCUT2D eigenvalue weighted by molar-refractivity contribution is -0.139. The standard InChI is InChI=1S/C28H32FN3O5S2/c1-5-37-26-13-9-8-12-25(26)32(39(35,36)23-16-14-22(38-4)15-17-23)19-27(33)31(20(2)28(34)30-3)18-21-10-6-7-11-24(21)29/h6-17,20H,5,18-19H2,1-4H3,(H,30,34). The molecule has 0 saturated heterocycles. The number of benzene rings is 3. The Morgan fingerprint density at radius 3 is 2.28 bits per heavy atom. The summed E-state index contributed by atoms with van der Waals surface area (Å²) in [5.41, 5.74) is 0.360. The van der Waals surface area contributed by atoms with E-state index in [2.05, 4.69) is 5.32 Å². The number of sulfonamides is 1. The van der Waals surface area contributed by atoms with Crippen LogP contribution in [0.5, 0.6) is 5.75 Å². The zero-order valence-electron chi connectivity index (χ0n) is 22.3.